The van der Waals surface area contributed by atoms with Gasteiger partial charge in [0.1, 0.15) is 5.82 Å². The first-order valence-electron chi connectivity index (χ1n) is 5.75. The molecule has 19 heavy (non-hydrogen) atoms. The third-order valence-electron chi connectivity index (χ3n) is 2.77. The topological polar surface area (TPSA) is 55.2 Å². The van der Waals surface area contributed by atoms with Crippen LogP contribution < -0.4 is 5.32 Å². The lowest BCUT2D eigenvalue weighted by atomic mass is 10.1. The van der Waals surface area contributed by atoms with Gasteiger partial charge in [-0.2, -0.15) is 0 Å². The summed E-state index contributed by atoms with van der Waals surface area (Å²) in [6, 6.07) is 9.25. The molecule has 0 saturated carbocycles. The SMILES string of the molecule is Cc1ccc(C)c(Nc2cc(F)cc([N+](=O)[O-])c2)c1. The van der Waals surface area contributed by atoms with Crippen LogP contribution in [0.3, 0.4) is 0 Å². The zero-order valence-corrected chi connectivity index (χ0v) is 10.6. The number of nitro benzene ring substituents is 1. The Morgan fingerprint density at radius 3 is 2.58 bits per heavy atom. The van der Waals surface area contributed by atoms with Crippen molar-refractivity contribution in [3.63, 3.8) is 0 Å². The van der Waals surface area contributed by atoms with Gasteiger partial charge >= 0.3 is 0 Å². The summed E-state index contributed by atoms with van der Waals surface area (Å²) in [6.45, 7) is 3.86. The van der Waals surface area contributed by atoms with Gasteiger partial charge in [0.25, 0.3) is 5.69 Å². The smallest absolute Gasteiger partial charge is 0.274 e. The van der Waals surface area contributed by atoms with Crippen molar-refractivity contribution in [2.75, 3.05) is 5.32 Å². The summed E-state index contributed by atoms with van der Waals surface area (Å²) in [4.78, 5) is 10.1. The maximum atomic E-state index is 13.3. The number of anilines is 2. The Hall–Kier alpha value is -2.43. The van der Waals surface area contributed by atoms with Crippen molar-refractivity contribution in [1.29, 1.82) is 0 Å². The van der Waals surface area contributed by atoms with Gasteiger partial charge in [-0.15, -0.1) is 0 Å². The molecule has 2 rings (SSSR count). The van der Waals surface area contributed by atoms with Gasteiger partial charge < -0.3 is 5.32 Å². The van der Waals surface area contributed by atoms with Crippen LogP contribution in [-0.4, -0.2) is 4.92 Å². The summed E-state index contributed by atoms with van der Waals surface area (Å²) in [5.74, 6) is -0.637. The molecule has 0 radical (unpaired) electrons. The van der Waals surface area contributed by atoms with E-state index in [0.717, 1.165) is 22.9 Å². The van der Waals surface area contributed by atoms with Crippen LogP contribution in [0.4, 0.5) is 21.5 Å². The molecular weight excluding hydrogens is 247 g/mol. The van der Waals surface area contributed by atoms with E-state index < -0.39 is 10.7 Å². The average Bonchev–Trinajstić information content (AvgIpc) is 2.33. The van der Waals surface area contributed by atoms with Crippen LogP contribution in [-0.2, 0) is 0 Å². The summed E-state index contributed by atoms with van der Waals surface area (Å²) in [7, 11) is 0. The van der Waals surface area contributed by atoms with Gasteiger partial charge in [-0.1, -0.05) is 12.1 Å². The summed E-state index contributed by atoms with van der Waals surface area (Å²) < 4.78 is 13.3. The molecular formula is C14H13FN2O2. The zero-order chi connectivity index (χ0) is 14.0. The maximum absolute atomic E-state index is 13.3. The van der Waals surface area contributed by atoms with Gasteiger partial charge in [-0.3, -0.25) is 10.1 Å². The minimum absolute atomic E-state index is 0.271. The lowest BCUT2D eigenvalue weighted by Crippen LogP contribution is -1.96. The molecule has 0 amide bonds. The van der Waals surface area contributed by atoms with E-state index in [1.54, 1.807) is 0 Å². The molecule has 98 valence electrons. The molecule has 0 unspecified atom stereocenters. The van der Waals surface area contributed by atoms with Crippen molar-refractivity contribution in [2.24, 2.45) is 0 Å². The van der Waals surface area contributed by atoms with Crippen molar-refractivity contribution in [3.8, 4) is 0 Å². The normalized spacial score (nSPS) is 10.3. The van der Waals surface area contributed by atoms with Crippen LogP contribution in [0.5, 0.6) is 0 Å². The molecule has 0 fully saturated rings. The fraction of sp³-hybridized carbons (Fsp3) is 0.143. The van der Waals surface area contributed by atoms with Crippen molar-refractivity contribution >= 4 is 17.1 Å². The first kappa shape index (κ1) is 13.0. The van der Waals surface area contributed by atoms with Crippen molar-refractivity contribution < 1.29 is 9.31 Å². The Bertz CT molecular complexity index is 641. The molecule has 0 heterocycles. The van der Waals surface area contributed by atoms with E-state index in [4.69, 9.17) is 0 Å². The number of nitrogens with zero attached hydrogens (tertiary/aromatic N) is 1. The van der Waals surface area contributed by atoms with E-state index in [2.05, 4.69) is 5.32 Å². The lowest BCUT2D eigenvalue weighted by molar-refractivity contribution is -0.385. The Balaban J connectivity index is 2.38. The van der Waals surface area contributed by atoms with Crippen LogP contribution in [0.2, 0.25) is 0 Å². The van der Waals surface area contributed by atoms with E-state index in [9.17, 15) is 14.5 Å². The molecule has 0 aromatic heterocycles. The van der Waals surface area contributed by atoms with Gasteiger partial charge in [0.2, 0.25) is 0 Å². The van der Waals surface area contributed by atoms with Crippen LogP contribution >= 0.6 is 0 Å². The van der Waals surface area contributed by atoms with E-state index >= 15 is 0 Å². The molecule has 2 aromatic carbocycles. The zero-order valence-electron chi connectivity index (χ0n) is 10.6. The summed E-state index contributed by atoms with van der Waals surface area (Å²) in [6.07, 6.45) is 0. The Kier molecular flexibility index (Phi) is 3.46. The highest BCUT2D eigenvalue weighted by Crippen LogP contribution is 2.25. The summed E-state index contributed by atoms with van der Waals surface area (Å²) in [5, 5.41) is 13.7. The third-order valence-corrected chi connectivity index (χ3v) is 2.77. The van der Waals surface area contributed by atoms with Crippen molar-refractivity contribution in [3.05, 3.63) is 63.5 Å². The molecule has 0 spiro atoms. The number of hydrogen-bond donors (Lipinski definition) is 1. The molecule has 4 nitrogen and oxygen atoms in total. The van der Waals surface area contributed by atoms with Crippen LogP contribution in [0, 0.1) is 29.8 Å². The fourth-order valence-electron chi connectivity index (χ4n) is 1.78. The quantitative estimate of drug-likeness (QED) is 0.667. The number of nitro groups is 1. The molecule has 1 N–H and O–H groups in total. The number of non-ortho nitro benzene ring substituents is 1. The van der Waals surface area contributed by atoms with Crippen molar-refractivity contribution in [1.82, 2.24) is 0 Å². The van der Waals surface area contributed by atoms with Gasteiger partial charge in [-0.25, -0.2) is 4.39 Å². The van der Waals surface area contributed by atoms with Crippen LogP contribution in [0.25, 0.3) is 0 Å². The molecule has 0 bridgehead atoms. The first-order valence-corrected chi connectivity index (χ1v) is 5.75. The molecule has 5 heteroatoms. The molecule has 0 aliphatic rings. The second-order valence-electron chi connectivity index (χ2n) is 4.40. The molecule has 0 saturated heterocycles. The molecule has 2 aromatic rings. The van der Waals surface area contributed by atoms with E-state index in [1.807, 2.05) is 32.0 Å². The predicted molar refractivity (Wildman–Crippen MR) is 72.3 cm³/mol. The maximum Gasteiger partial charge on any atom is 0.274 e. The number of halogens is 1. The minimum Gasteiger partial charge on any atom is -0.355 e. The lowest BCUT2D eigenvalue weighted by Gasteiger charge is -2.10. The Morgan fingerprint density at radius 1 is 1.16 bits per heavy atom. The van der Waals surface area contributed by atoms with Gasteiger partial charge in [0.05, 0.1) is 11.0 Å². The summed E-state index contributed by atoms with van der Waals surface area (Å²) in [5.41, 5.74) is 2.93. The standard InChI is InChI=1S/C14H13FN2O2/c1-9-3-4-10(2)14(5-9)16-12-6-11(15)7-13(8-12)17(18)19/h3-8,16H,1-2H3. The van der Waals surface area contributed by atoms with Gasteiger partial charge in [0.15, 0.2) is 0 Å². The van der Waals surface area contributed by atoms with Gasteiger partial charge in [-0.05, 0) is 37.1 Å². The molecule has 0 aliphatic carbocycles. The minimum atomic E-state index is -0.637. The second kappa shape index (κ2) is 5.06. The molecule has 0 atom stereocenters. The van der Waals surface area contributed by atoms with Crippen LogP contribution in [0.15, 0.2) is 36.4 Å². The van der Waals surface area contributed by atoms with Gasteiger partial charge in [0, 0.05) is 17.4 Å². The third kappa shape index (κ3) is 3.07. The number of hydrogen-bond acceptors (Lipinski definition) is 3. The fourth-order valence-corrected chi connectivity index (χ4v) is 1.78. The number of benzene rings is 2. The average molecular weight is 260 g/mol. The first-order chi connectivity index (χ1) is 8.95. The highest BCUT2D eigenvalue weighted by molar-refractivity contribution is 5.65. The largest absolute Gasteiger partial charge is 0.355 e. The highest BCUT2D eigenvalue weighted by Gasteiger charge is 2.10. The Morgan fingerprint density at radius 2 is 1.89 bits per heavy atom. The Labute approximate surface area is 110 Å². The van der Waals surface area contributed by atoms with Crippen molar-refractivity contribution in [2.45, 2.75) is 13.8 Å². The highest BCUT2D eigenvalue weighted by atomic mass is 19.1. The number of rotatable bonds is 3. The number of aryl methyl sites for hydroxylation is 2. The predicted octanol–water partition coefficient (Wildman–Crippen LogP) is 4.09. The van der Waals surface area contributed by atoms with Crippen LogP contribution in [0.1, 0.15) is 11.1 Å². The monoisotopic (exact) mass is 260 g/mol. The summed E-state index contributed by atoms with van der Waals surface area (Å²) >= 11 is 0. The van der Waals surface area contributed by atoms with E-state index in [0.29, 0.717) is 5.69 Å². The number of nitrogens with one attached hydrogen (secondary N) is 1. The molecule has 0 aliphatic heterocycles. The second-order valence-corrected chi connectivity index (χ2v) is 4.40. The van der Waals surface area contributed by atoms with E-state index in [1.165, 1.54) is 12.1 Å². The van der Waals surface area contributed by atoms with E-state index in [-0.39, 0.29) is 5.69 Å².